The van der Waals surface area contributed by atoms with Crippen molar-refractivity contribution in [3.8, 4) is 6.07 Å². The van der Waals surface area contributed by atoms with Gasteiger partial charge in [-0.15, -0.1) is 0 Å². The smallest absolute Gasteiger partial charge is 0.229 e. The van der Waals surface area contributed by atoms with Crippen LogP contribution in [-0.2, 0) is 9.47 Å². The van der Waals surface area contributed by atoms with Crippen LogP contribution >= 0.6 is 0 Å². The highest BCUT2D eigenvalue weighted by Gasteiger charge is 2.44. The second kappa shape index (κ2) is 7.38. The first-order valence-corrected chi connectivity index (χ1v) is 6.17. The summed E-state index contributed by atoms with van der Waals surface area (Å²) >= 11 is 0. The summed E-state index contributed by atoms with van der Waals surface area (Å²) in [4.78, 5) is 0. The Morgan fingerprint density at radius 2 is 1.95 bits per heavy atom. The molecule has 0 radical (unpaired) electrons. The second-order valence-corrected chi connectivity index (χ2v) is 4.42. The van der Waals surface area contributed by atoms with E-state index in [0.29, 0.717) is 0 Å². The van der Waals surface area contributed by atoms with Crippen LogP contribution in [0.15, 0.2) is 23.5 Å². The molecule has 112 valence electrons. The number of nitrogens with zero attached hydrogens (tertiary/aromatic N) is 1. The quantitative estimate of drug-likeness (QED) is 0.302. The fourth-order valence-corrected chi connectivity index (χ4v) is 1.75. The average molecular weight is 285 g/mol. The van der Waals surface area contributed by atoms with Crippen molar-refractivity contribution in [1.82, 2.24) is 0 Å². The predicted molar refractivity (Wildman–Crippen MR) is 68.0 cm³/mol. The normalized spacial score (nSPS) is 35.5. The highest BCUT2D eigenvalue weighted by Crippen LogP contribution is 2.24. The molecule has 1 heterocycles. The van der Waals surface area contributed by atoms with E-state index in [0.717, 1.165) is 0 Å². The Balaban J connectivity index is 2.92. The minimum atomic E-state index is -1.51. The summed E-state index contributed by atoms with van der Waals surface area (Å²) < 4.78 is 10.6. The Labute approximate surface area is 117 Å². The second-order valence-electron chi connectivity index (χ2n) is 4.42. The van der Waals surface area contributed by atoms with Crippen molar-refractivity contribution in [1.29, 1.82) is 5.26 Å². The lowest BCUT2D eigenvalue weighted by atomic mass is 9.99. The van der Waals surface area contributed by atoms with Gasteiger partial charge >= 0.3 is 0 Å². The maximum absolute atomic E-state index is 9.82. The van der Waals surface area contributed by atoms with Gasteiger partial charge in [0.05, 0.1) is 18.2 Å². The molecule has 20 heavy (non-hydrogen) atoms. The molecule has 5 atom stereocenters. The van der Waals surface area contributed by atoms with Crippen molar-refractivity contribution in [2.75, 3.05) is 6.61 Å². The monoisotopic (exact) mass is 285 g/mol. The van der Waals surface area contributed by atoms with E-state index in [2.05, 4.69) is 0 Å². The zero-order chi connectivity index (χ0) is 15.3. The van der Waals surface area contributed by atoms with Crippen LogP contribution in [-0.4, -0.2) is 57.7 Å². The molecule has 0 aromatic carbocycles. The molecule has 0 saturated carbocycles. The van der Waals surface area contributed by atoms with Gasteiger partial charge in [-0.2, -0.15) is 5.26 Å². The van der Waals surface area contributed by atoms with Crippen molar-refractivity contribution in [2.45, 2.75) is 44.6 Å². The number of rotatable bonds is 4. The molecule has 0 aliphatic carbocycles. The molecule has 0 aromatic rings. The van der Waals surface area contributed by atoms with Gasteiger partial charge in [0.2, 0.25) is 6.29 Å². The van der Waals surface area contributed by atoms with E-state index in [1.165, 1.54) is 13.0 Å². The summed E-state index contributed by atoms with van der Waals surface area (Å²) in [5.41, 5.74) is 0.264. The Bertz CT molecular complexity index is 425. The first kappa shape index (κ1) is 16.6. The number of nitriles is 1. The average Bonchev–Trinajstić information content (AvgIpc) is 2.46. The van der Waals surface area contributed by atoms with E-state index >= 15 is 0 Å². The number of aliphatic hydroxyl groups is 4. The van der Waals surface area contributed by atoms with Crippen LogP contribution < -0.4 is 0 Å². The van der Waals surface area contributed by atoms with E-state index in [4.69, 9.17) is 19.8 Å². The predicted octanol–water partition coefficient (Wildman–Crippen LogP) is -0.823. The molecular formula is C13H19NO6. The number of allylic oxidation sites excluding steroid dienone is 3. The Morgan fingerprint density at radius 1 is 1.30 bits per heavy atom. The van der Waals surface area contributed by atoms with Crippen molar-refractivity contribution in [3.05, 3.63) is 23.5 Å². The van der Waals surface area contributed by atoms with Gasteiger partial charge in [-0.3, -0.25) is 0 Å². The first-order valence-electron chi connectivity index (χ1n) is 6.17. The maximum atomic E-state index is 9.82. The number of hydrogen-bond donors (Lipinski definition) is 4. The first-order chi connectivity index (χ1) is 9.46. The summed E-state index contributed by atoms with van der Waals surface area (Å²) in [6, 6.07) is 1.90. The number of aliphatic hydroxyl groups excluding tert-OH is 4. The zero-order valence-electron chi connectivity index (χ0n) is 11.3. The summed E-state index contributed by atoms with van der Waals surface area (Å²) in [5, 5.41) is 47.0. The molecular weight excluding hydrogens is 266 g/mol. The molecule has 1 aliphatic heterocycles. The van der Waals surface area contributed by atoms with Crippen molar-refractivity contribution in [3.63, 3.8) is 0 Å². The molecule has 0 bridgehead atoms. The van der Waals surface area contributed by atoms with Gasteiger partial charge in [0.1, 0.15) is 30.2 Å². The van der Waals surface area contributed by atoms with Gasteiger partial charge in [-0.05, 0) is 19.9 Å². The lowest BCUT2D eigenvalue weighted by molar-refractivity contribution is -0.290. The highest BCUT2D eigenvalue weighted by atomic mass is 16.7. The third-order valence-electron chi connectivity index (χ3n) is 2.95. The van der Waals surface area contributed by atoms with Crippen LogP contribution in [0.1, 0.15) is 13.8 Å². The molecule has 4 N–H and O–H groups in total. The lowest BCUT2D eigenvalue weighted by Crippen LogP contribution is -2.59. The van der Waals surface area contributed by atoms with Gasteiger partial charge < -0.3 is 29.9 Å². The van der Waals surface area contributed by atoms with Crippen LogP contribution in [0.3, 0.4) is 0 Å². The minimum absolute atomic E-state index is 0.180. The van der Waals surface area contributed by atoms with Gasteiger partial charge in [0.15, 0.2) is 0 Å². The number of hydrogen-bond acceptors (Lipinski definition) is 7. The molecule has 1 saturated heterocycles. The summed E-state index contributed by atoms with van der Waals surface area (Å²) in [6.07, 6.45) is -3.64. The van der Waals surface area contributed by atoms with E-state index in [1.807, 2.05) is 6.07 Å². The van der Waals surface area contributed by atoms with Crippen LogP contribution in [0.2, 0.25) is 0 Å². The van der Waals surface area contributed by atoms with Crippen molar-refractivity contribution >= 4 is 0 Å². The largest absolute Gasteiger partial charge is 0.461 e. The SMILES string of the molecule is CC=CC(OC1OC(CO)C(O)C(O)C1O)=C(C)C#N. The summed E-state index contributed by atoms with van der Waals surface area (Å²) in [6.45, 7) is 2.71. The van der Waals surface area contributed by atoms with Crippen LogP contribution in [0.5, 0.6) is 0 Å². The molecule has 5 unspecified atom stereocenters. The minimum Gasteiger partial charge on any atom is -0.461 e. The summed E-state index contributed by atoms with van der Waals surface area (Å²) in [7, 11) is 0. The fourth-order valence-electron chi connectivity index (χ4n) is 1.75. The molecule has 1 aliphatic rings. The van der Waals surface area contributed by atoms with Crippen LogP contribution in [0, 0.1) is 11.3 Å². The molecule has 1 fully saturated rings. The van der Waals surface area contributed by atoms with E-state index in [-0.39, 0.29) is 11.3 Å². The molecule has 7 nitrogen and oxygen atoms in total. The third-order valence-corrected chi connectivity index (χ3v) is 2.95. The van der Waals surface area contributed by atoms with Crippen molar-refractivity contribution in [2.24, 2.45) is 0 Å². The topological polar surface area (TPSA) is 123 Å². The van der Waals surface area contributed by atoms with Gasteiger partial charge in [0, 0.05) is 0 Å². The number of ether oxygens (including phenoxy) is 2. The standard InChI is InChI=1S/C13H19NO6/c1-3-4-8(7(2)5-14)19-13-12(18)11(17)10(16)9(6-15)20-13/h3-4,9-13,15-18H,6H2,1-2H3. The molecule has 0 aromatic heterocycles. The van der Waals surface area contributed by atoms with E-state index in [1.54, 1.807) is 13.0 Å². The molecule has 0 spiro atoms. The fraction of sp³-hybridized carbons (Fsp3) is 0.615. The van der Waals surface area contributed by atoms with Crippen LogP contribution in [0.4, 0.5) is 0 Å². The van der Waals surface area contributed by atoms with E-state index < -0.39 is 37.3 Å². The Morgan fingerprint density at radius 3 is 2.45 bits per heavy atom. The molecule has 7 heteroatoms. The maximum Gasteiger partial charge on any atom is 0.229 e. The Kier molecular flexibility index (Phi) is 6.13. The van der Waals surface area contributed by atoms with E-state index in [9.17, 15) is 15.3 Å². The molecule has 0 amide bonds. The van der Waals surface area contributed by atoms with Gasteiger partial charge in [0.25, 0.3) is 0 Å². The zero-order valence-corrected chi connectivity index (χ0v) is 11.3. The third kappa shape index (κ3) is 3.56. The lowest BCUT2D eigenvalue weighted by Gasteiger charge is -2.39. The molecule has 1 rings (SSSR count). The Hall–Kier alpha value is -1.43. The van der Waals surface area contributed by atoms with Crippen LogP contribution in [0.25, 0.3) is 0 Å². The van der Waals surface area contributed by atoms with Gasteiger partial charge in [-0.25, -0.2) is 0 Å². The van der Waals surface area contributed by atoms with Gasteiger partial charge in [-0.1, -0.05) is 6.08 Å². The van der Waals surface area contributed by atoms with Crippen molar-refractivity contribution < 1.29 is 29.9 Å². The summed E-state index contributed by atoms with van der Waals surface area (Å²) in [5.74, 6) is 0.180. The highest BCUT2D eigenvalue weighted by molar-refractivity contribution is 5.29.